The van der Waals surface area contributed by atoms with Crippen LogP contribution in [0, 0.1) is 20.8 Å². The van der Waals surface area contributed by atoms with Crippen LogP contribution in [0.15, 0.2) is 6.07 Å². The number of anilines is 1. The topological polar surface area (TPSA) is 101 Å². The molecule has 0 unspecified atom stereocenters. The highest BCUT2D eigenvalue weighted by atomic mass is 35.5. The highest BCUT2D eigenvalue weighted by Crippen LogP contribution is 2.46. The molecule has 2 heterocycles. The first-order valence-electron chi connectivity index (χ1n) is 18.4. The van der Waals surface area contributed by atoms with Gasteiger partial charge in [0, 0.05) is 23.1 Å². The SMILES string of the molecule is CCCCCCCCCCCCCCOC(=O)CCC(=O)Nc1c(C)cc(C)c(-c2nc3c(Cl)c(C4(CC)CCCC4)[nH]n3n2)c1C. The molecular formula is C38H58ClN5O3. The minimum absolute atomic E-state index is 0.0611. The molecule has 1 saturated carbocycles. The average molecular weight is 668 g/mol. The fourth-order valence-electron chi connectivity index (χ4n) is 7.43. The number of H-pyrrole nitrogens is 1. The zero-order chi connectivity index (χ0) is 33.8. The normalized spacial score (nSPS) is 14.3. The lowest BCUT2D eigenvalue weighted by molar-refractivity contribution is -0.144. The number of benzene rings is 1. The largest absolute Gasteiger partial charge is 0.466 e. The van der Waals surface area contributed by atoms with Gasteiger partial charge in [0.05, 0.1) is 18.7 Å². The Bertz CT molecular complexity index is 1470. The van der Waals surface area contributed by atoms with Crippen molar-refractivity contribution in [1.29, 1.82) is 0 Å². The van der Waals surface area contributed by atoms with Crippen molar-refractivity contribution in [2.75, 3.05) is 11.9 Å². The monoisotopic (exact) mass is 667 g/mol. The lowest BCUT2D eigenvalue weighted by Gasteiger charge is -2.26. The molecule has 2 N–H and O–H groups in total. The number of fused-ring (bicyclic) bond motifs is 1. The molecule has 0 radical (unpaired) electrons. The van der Waals surface area contributed by atoms with Crippen LogP contribution in [0.3, 0.4) is 0 Å². The van der Waals surface area contributed by atoms with Crippen molar-refractivity contribution in [3.05, 3.63) is 33.5 Å². The van der Waals surface area contributed by atoms with Gasteiger partial charge in [-0.15, -0.1) is 5.10 Å². The number of aromatic nitrogens is 4. The molecule has 0 saturated heterocycles. The highest BCUT2D eigenvalue weighted by molar-refractivity contribution is 6.34. The number of nitrogens with zero attached hydrogens (tertiary/aromatic N) is 3. The van der Waals surface area contributed by atoms with E-state index in [2.05, 4.69) is 24.3 Å². The molecule has 260 valence electrons. The molecule has 2 aromatic heterocycles. The highest BCUT2D eigenvalue weighted by Gasteiger charge is 2.38. The molecule has 47 heavy (non-hydrogen) atoms. The van der Waals surface area contributed by atoms with Gasteiger partial charge in [-0.05, 0) is 63.1 Å². The number of carbonyl (C=O) groups is 2. The number of carbonyl (C=O) groups excluding carboxylic acids is 2. The average Bonchev–Trinajstić information content (AvgIpc) is 3.77. The van der Waals surface area contributed by atoms with Gasteiger partial charge in [0.2, 0.25) is 5.91 Å². The molecule has 1 fully saturated rings. The molecule has 0 aliphatic heterocycles. The smallest absolute Gasteiger partial charge is 0.306 e. The summed E-state index contributed by atoms with van der Waals surface area (Å²) in [6.45, 7) is 10.9. The van der Waals surface area contributed by atoms with Gasteiger partial charge in [-0.1, -0.05) is 115 Å². The molecule has 1 amide bonds. The van der Waals surface area contributed by atoms with Crippen molar-refractivity contribution in [2.45, 2.75) is 162 Å². The molecule has 4 rings (SSSR count). The predicted octanol–water partition coefficient (Wildman–Crippen LogP) is 10.5. The summed E-state index contributed by atoms with van der Waals surface area (Å²) in [6.07, 6.45) is 21.0. The fraction of sp³-hybridized carbons (Fsp3) is 0.684. The Kier molecular flexibility index (Phi) is 14.2. The molecule has 1 aliphatic carbocycles. The van der Waals surface area contributed by atoms with Crippen molar-refractivity contribution in [3.8, 4) is 11.4 Å². The van der Waals surface area contributed by atoms with E-state index in [1.165, 1.54) is 77.0 Å². The quantitative estimate of drug-likeness (QED) is 0.0922. The first kappa shape index (κ1) is 37.0. The lowest BCUT2D eigenvalue weighted by atomic mass is 9.80. The van der Waals surface area contributed by atoms with Gasteiger partial charge < -0.3 is 10.1 Å². The minimum Gasteiger partial charge on any atom is -0.466 e. The molecule has 0 spiro atoms. The van der Waals surface area contributed by atoms with E-state index in [0.29, 0.717) is 23.1 Å². The van der Waals surface area contributed by atoms with E-state index in [-0.39, 0.29) is 30.1 Å². The number of esters is 1. The number of nitrogens with one attached hydrogen (secondary N) is 2. The Labute approximate surface area is 287 Å². The molecule has 0 bridgehead atoms. The second kappa shape index (κ2) is 18.0. The third-order valence-electron chi connectivity index (χ3n) is 10.3. The first-order chi connectivity index (χ1) is 22.7. The van der Waals surface area contributed by atoms with Gasteiger partial charge in [0.1, 0.15) is 5.02 Å². The number of ether oxygens (including phenoxy) is 1. The van der Waals surface area contributed by atoms with Crippen molar-refractivity contribution >= 4 is 34.8 Å². The number of amides is 1. The zero-order valence-electron chi connectivity index (χ0n) is 29.7. The fourth-order valence-corrected chi connectivity index (χ4v) is 7.79. The second-order valence-electron chi connectivity index (χ2n) is 13.9. The number of unbranched alkanes of at least 4 members (excludes halogenated alkanes) is 11. The van der Waals surface area contributed by atoms with Crippen LogP contribution in [0.1, 0.15) is 158 Å². The molecule has 9 heteroatoms. The summed E-state index contributed by atoms with van der Waals surface area (Å²) < 4.78 is 7.11. The summed E-state index contributed by atoms with van der Waals surface area (Å²) in [5.41, 5.74) is 6.17. The molecule has 0 atom stereocenters. The van der Waals surface area contributed by atoms with Crippen LogP contribution < -0.4 is 5.32 Å². The van der Waals surface area contributed by atoms with E-state index in [1.807, 2.05) is 26.8 Å². The maximum atomic E-state index is 12.9. The van der Waals surface area contributed by atoms with Crippen LogP contribution in [-0.4, -0.2) is 38.3 Å². The summed E-state index contributed by atoms with van der Waals surface area (Å²) in [7, 11) is 0. The molecule has 3 aromatic rings. The summed E-state index contributed by atoms with van der Waals surface area (Å²) in [4.78, 5) is 30.1. The van der Waals surface area contributed by atoms with Gasteiger partial charge in [-0.25, -0.2) is 4.98 Å². The van der Waals surface area contributed by atoms with Crippen molar-refractivity contribution < 1.29 is 14.3 Å². The maximum absolute atomic E-state index is 12.9. The van der Waals surface area contributed by atoms with Gasteiger partial charge in [0.15, 0.2) is 11.5 Å². The van der Waals surface area contributed by atoms with Gasteiger partial charge in [-0.3, -0.25) is 14.7 Å². The van der Waals surface area contributed by atoms with E-state index >= 15 is 0 Å². The Morgan fingerprint density at radius 1 is 0.915 bits per heavy atom. The van der Waals surface area contributed by atoms with E-state index in [0.717, 1.165) is 65.7 Å². The molecule has 8 nitrogen and oxygen atoms in total. The number of aromatic amines is 1. The van der Waals surface area contributed by atoms with E-state index in [9.17, 15) is 9.59 Å². The first-order valence-corrected chi connectivity index (χ1v) is 18.8. The second-order valence-corrected chi connectivity index (χ2v) is 14.2. The number of rotatable bonds is 20. The molecule has 1 aromatic carbocycles. The van der Waals surface area contributed by atoms with Crippen LogP contribution in [0.5, 0.6) is 0 Å². The Morgan fingerprint density at radius 3 is 2.13 bits per heavy atom. The van der Waals surface area contributed by atoms with Crippen molar-refractivity contribution in [3.63, 3.8) is 0 Å². The van der Waals surface area contributed by atoms with E-state index in [4.69, 9.17) is 26.4 Å². The third-order valence-corrected chi connectivity index (χ3v) is 10.6. The van der Waals surface area contributed by atoms with Crippen LogP contribution in [0.4, 0.5) is 5.69 Å². The van der Waals surface area contributed by atoms with Gasteiger partial charge in [0.25, 0.3) is 0 Å². The van der Waals surface area contributed by atoms with Gasteiger partial charge >= 0.3 is 5.97 Å². The Hall–Kier alpha value is -2.87. The minimum atomic E-state index is -0.322. The summed E-state index contributed by atoms with van der Waals surface area (Å²) in [5.74, 6) is 0.0260. The predicted molar refractivity (Wildman–Crippen MR) is 192 cm³/mol. The number of halogens is 1. The summed E-state index contributed by atoms with van der Waals surface area (Å²) >= 11 is 6.91. The standard InChI is InChI=1S/C38H58ClN5O3/c1-6-8-9-10-11-12-13-14-15-16-17-20-25-47-31(46)22-21-30(45)40-34-28(4)26-27(3)32(29(34)5)36-41-37-33(39)35(42-44(37)43-36)38(7-2)23-18-19-24-38/h26,42H,6-25H2,1-5H3,(H,40,45). The lowest BCUT2D eigenvalue weighted by Crippen LogP contribution is -2.22. The van der Waals surface area contributed by atoms with Crippen LogP contribution in [-0.2, 0) is 19.7 Å². The van der Waals surface area contributed by atoms with Crippen LogP contribution in [0.2, 0.25) is 5.02 Å². The summed E-state index contributed by atoms with van der Waals surface area (Å²) in [5, 5.41) is 11.9. The zero-order valence-corrected chi connectivity index (χ0v) is 30.4. The van der Waals surface area contributed by atoms with Crippen molar-refractivity contribution in [1.82, 2.24) is 19.8 Å². The van der Waals surface area contributed by atoms with Crippen LogP contribution >= 0.6 is 11.6 Å². The van der Waals surface area contributed by atoms with Crippen molar-refractivity contribution in [2.24, 2.45) is 0 Å². The van der Waals surface area contributed by atoms with E-state index < -0.39 is 0 Å². The number of hydrogen-bond donors (Lipinski definition) is 2. The van der Waals surface area contributed by atoms with Crippen LogP contribution in [0.25, 0.3) is 17.0 Å². The Balaban J connectivity index is 1.23. The number of aryl methyl sites for hydroxylation is 2. The molecule has 1 aliphatic rings. The summed E-state index contributed by atoms with van der Waals surface area (Å²) in [6, 6.07) is 2.04. The Morgan fingerprint density at radius 2 is 1.53 bits per heavy atom. The number of hydrogen-bond acceptors (Lipinski definition) is 5. The van der Waals surface area contributed by atoms with Gasteiger partial charge in [-0.2, -0.15) is 4.63 Å². The molecular weight excluding hydrogens is 610 g/mol. The maximum Gasteiger partial charge on any atom is 0.306 e. The third kappa shape index (κ3) is 9.61. The van der Waals surface area contributed by atoms with E-state index in [1.54, 1.807) is 4.63 Å².